The minimum absolute atomic E-state index is 0.723. The van der Waals surface area contributed by atoms with E-state index in [-0.39, 0.29) is 0 Å². The Morgan fingerprint density at radius 3 is 2.92 bits per heavy atom. The second-order valence-electron chi connectivity index (χ2n) is 3.62. The summed E-state index contributed by atoms with van der Waals surface area (Å²) >= 11 is 0. The zero-order valence-electron chi connectivity index (χ0n) is 7.33. The van der Waals surface area contributed by atoms with Crippen LogP contribution in [0.3, 0.4) is 0 Å². The van der Waals surface area contributed by atoms with Crippen LogP contribution in [0.1, 0.15) is 24.5 Å². The van der Waals surface area contributed by atoms with Crippen LogP contribution in [-0.4, -0.2) is 4.98 Å². The van der Waals surface area contributed by atoms with Gasteiger partial charge in [0.1, 0.15) is 0 Å². The third-order valence-corrected chi connectivity index (χ3v) is 2.52. The summed E-state index contributed by atoms with van der Waals surface area (Å²) in [7, 11) is 0. The fourth-order valence-electron chi connectivity index (χ4n) is 1.60. The first-order chi connectivity index (χ1) is 6.43. The van der Waals surface area contributed by atoms with E-state index >= 15 is 0 Å². The van der Waals surface area contributed by atoms with Gasteiger partial charge in [-0.05, 0) is 31.0 Å². The quantitative estimate of drug-likeness (QED) is 0.638. The number of hydrogen-bond acceptors (Lipinski definition) is 1. The van der Waals surface area contributed by atoms with Crippen LogP contribution in [0.25, 0.3) is 10.9 Å². The van der Waals surface area contributed by atoms with Crippen molar-refractivity contribution < 1.29 is 0 Å². The van der Waals surface area contributed by atoms with E-state index in [0.717, 1.165) is 16.8 Å². The number of hydrogen-bond donors (Lipinski definition) is 0. The molecule has 63 valence electrons. The highest BCUT2D eigenvalue weighted by Crippen LogP contribution is 2.39. The molecule has 1 aliphatic rings. The first-order valence-corrected chi connectivity index (χ1v) is 4.71. The summed E-state index contributed by atoms with van der Waals surface area (Å²) in [5.74, 6) is 0.723. The second-order valence-corrected chi connectivity index (χ2v) is 3.62. The Morgan fingerprint density at radius 1 is 1.23 bits per heavy atom. The Hall–Kier alpha value is -1.37. The predicted molar refractivity (Wildman–Crippen MR) is 52.6 cm³/mol. The molecule has 1 aromatic heterocycles. The molecule has 0 bridgehead atoms. The minimum Gasteiger partial charge on any atom is -0.253 e. The maximum atomic E-state index is 4.61. The molecule has 1 heteroatoms. The van der Waals surface area contributed by atoms with Crippen molar-refractivity contribution in [1.29, 1.82) is 0 Å². The Bertz CT molecular complexity index is 444. The number of benzene rings is 1. The third-order valence-electron chi connectivity index (χ3n) is 2.52. The van der Waals surface area contributed by atoms with Gasteiger partial charge in [0.15, 0.2) is 0 Å². The van der Waals surface area contributed by atoms with E-state index in [1.807, 2.05) is 18.2 Å². The Labute approximate surface area is 77.4 Å². The van der Waals surface area contributed by atoms with E-state index in [2.05, 4.69) is 23.2 Å². The number of para-hydroxylation sites is 1. The van der Waals surface area contributed by atoms with E-state index in [9.17, 15) is 0 Å². The maximum Gasteiger partial charge on any atom is 0.0711 e. The highest BCUT2D eigenvalue weighted by Gasteiger charge is 2.24. The van der Waals surface area contributed by atoms with E-state index in [4.69, 9.17) is 0 Å². The van der Waals surface area contributed by atoms with Gasteiger partial charge in [-0.1, -0.05) is 18.2 Å². The van der Waals surface area contributed by atoms with Gasteiger partial charge >= 0.3 is 0 Å². The van der Waals surface area contributed by atoms with Crippen LogP contribution in [-0.2, 0) is 0 Å². The van der Waals surface area contributed by atoms with Gasteiger partial charge < -0.3 is 0 Å². The Balaban J connectivity index is 2.21. The fourth-order valence-corrected chi connectivity index (χ4v) is 1.60. The van der Waals surface area contributed by atoms with Crippen LogP contribution in [0.5, 0.6) is 0 Å². The number of nitrogens with zero attached hydrogens (tertiary/aromatic N) is 1. The molecule has 0 N–H and O–H groups in total. The van der Waals surface area contributed by atoms with E-state index < -0.39 is 0 Å². The van der Waals surface area contributed by atoms with Crippen molar-refractivity contribution >= 4 is 10.9 Å². The van der Waals surface area contributed by atoms with Gasteiger partial charge in [-0.3, -0.25) is 4.98 Å². The second kappa shape index (κ2) is 2.56. The molecule has 1 radical (unpaired) electrons. The van der Waals surface area contributed by atoms with Gasteiger partial charge in [0, 0.05) is 17.0 Å². The smallest absolute Gasteiger partial charge is 0.0711 e. The summed E-state index contributed by atoms with van der Waals surface area (Å²) in [5.41, 5.74) is 2.30. The number of pyridine rings is 1. The minimum atomic E-state index is 0.723. The van der Waals surface area contributed by atoms with Crippen LogP contribution in [0, 0.1) is 6.07 Å². The molecular formula is C12H10N. The standard InChI is InChI=1S/C12H10N/c1-2-4-11-9(3-1)7-8-12(13-11)10-5-6-10/h1-4,8,10H,5-6H2. The predicted octanol–water partition coefficient (Wildman–Crippen LogP) is 2.91. The lowest BCUT2D eigenvalue weighted by Crippen LogP contribution is -1.86. The van der Waals surface area contributed by atoms with Crippen LogP contribution in [0.15, 0.2) is 30.3 Å². The molecule has 0 unspecified atom stereocenters. The molecule has 1 saturated carbocycles. The average Bonchev–Trinajstić information content (AvgIpc) is 3.00. The highest BCUT2D eigenvalue weighted by atomic mass is 14.7. The van der Waals surface area contributed by atoms with Crippen molar-refractivity contribution in [1.82, 2.24) is 4.98 Å². The van der Waals surface area contributed by atoms with Crippen molar-refractivity contribution in [3.8, 4) is 0 Å². The normalized spacial score (nSPS) is 16.3. The van der Waals surface area contributed by atoms with Gasteiger partial charge in [0.05, 0.1) is 5.52 Å². The number of fused-ring (bicyclic) bond motifs is 1. The summed E-state index contributed by atoms with van der Waals surface area (Å²) in [6, 6.07) is 13.5. The number of rotatable bonds is 1. The molecule has 1 heterocycles. The van der Waals surface area contributed by atoms with Gasteiger partial charge in [-0.15, -0.1) is 0 Å². The van der Waals surface area contributed by atoms with Crippen molar-refractivity contribution in [2.75, 3.05) is 0 Å². The molecule has 2 aromatic rings. The molecule has 1 aliphatic carbocycles. The summed E-state index contributed by atoms with van der Waals surface area (Å²) < 4.78 is 0. The Morgan fingerprint density at radius 2 is 2.08 bits per heavy atom. The molecule has 0 aliphatic heterocycles. The molecule has 0 saturated heterocycles. The fraction of sp³-hybridized carbons (Fsp3) is 0.250. The molecule has 13 heavy (non-hydrogen) atoms. The van der Waals surface area contributed by atoms with Gasteiger partial charge in [0.25, 0.3) is 0 Å². The molecular weight excluding hydrogens is 158 g/mol. The molecule has 1 aromatic carbocycles. The summed E-state index contributed by atoms with van der Waals surface area (Å²) in [6.45, 7) is 0. The highest BCUT2D eigenvalue weighted by molar-refractivity contribution is 5.77. The van der Waals surface area contributed by atoms with E-state index in [1.165, 1.54) is 18.5 Å². The zero-order valence-corrected chi connectivity index (χ0v) is 7.33. The van der Waals surface area contributed by atoms with E-state index in [1.54, 1.807) is 0 Å². The van der Waals surface area contributed by atoms with Crippen LogP contribution in [0.4, 0.5) is 0 Å². The summed E-state index contributed by atoms with van der Waals surface area (Å²) in [4.78, 5) is 4.61. The third kappa shape index (κ3) is 1.21. The van der Waals surface area contributed by atoms with Gasteiger partial charge in [-0.2, -0.15) is 0 Å². The SMILES string of the molecule is [c]1cc(C2CC2)nc2ccccc12. The number of aromatic nitrogens is 1. The molecule has 0 amide bonds. The molecule has 3 rings (SSSR count). The first kappa shape index (κ1) is 7.07. The lowest BCUT2D eigenvalue weighted by molar-refractivity contribution is 1.04. The molecule has 0 atom stereocenters. The monoisotopic (exact) mass is 168 g/mol. The summed E-state index contributed by atoms with van der Waals surface area (Å²) in [5, 5.41) is 1.12. The van der Waals surface area contributed by atoms with Gasteiger partial charge in [0.2, 0.25) is 0 Å². The lowest BCUT2D eigenvalue weighted by Gasteiger charge is -1.99. The van der Waals surface area contributed by atoms with Crippen molar-refractivity contribution in [2.24, 2.45) is 0 Å². The molecule has 1 nitrogen and oxygen atoms in total. The maximum absolute atomic E-state index is 4.61. The lowest BCUT2D eigenvalue weighted by atomic mass is 10.2. The van der Waals surface area contributed by atoms with Crippen molar-refractivity contribution in [3.63, 3.8) is 0 Å². The van der Waals surface area contributed by atoms with Crippen LogP contribution in [0.2, 0.25) is 0 Å². The molecule has 0 spiro atoms. The van der Waals surface area contributed by atoms with Crippen molar-refractivity contribution in [2.45, 2.75) is 18.8 Å². The zero-order chi connectivity index (χ0) is 8.67. The average molecular weight is 168 g/mol. The van der Waals surface area contributed by atoms with E-state index in [0.29, 0.717) is 0 Å². The molecule has 1 fully saturated rings. The van der Waals surface area contributed by atoms with Crippen LogP contribution < -0.4 is 0 Å². The topological polar surface area (TPSA) is 12.9 Å². The Kier molecular flexibility index (Phi) is 1.39. The summed E-state index contributed by atoms with van der Waals surface area (Å²) in [6.07, 6.45) is 2.61. The van der Waals surface area contributed by atoms with Crippen molar-refractivity contribution in [3.05, 3.63) is 42.1 Å². The van der Waals surface area contributed by atoms with Crippen LogP contribution >= 0.6 is 0 Å². The first-order valence-electron chi connectivity index (χ1n) is 4.71. The van der Waals surface area contributed by atoms with Gasteiger partial charge in [-0.25, -0.2) is 0 Å². The largest absolute Gasteiger partial charge is 0.253 e.